The van der Waals surface area contributed by atoms with Gasteiger partial charge in [-0.2, -0.15) is 0 Å². The second-order valence-corrected chi connectivity index (χ2v) is 6.12. The summed E-state index contributed by atoms with van der Waals surface area (Å²) in [6, 6.07) is 5.37. The van der Waals surface area contributed by atoms with Gasteiger partial charge in [0.15, 0.2) is 0 Å². The second kappa shape index (κ2) is 6.85. The van der Waals surface area contributed by atoms with E-state index in [9.17, 15) is 9.18 Å². The summed E-state index contributed by atoms with van der Waals surface area (Å²) in [5, 5.41) is 8.65. The quantitative estimate of drug-likeness (QED) is 0.781. The molecule has 1 aliphatic rings. The minimum atomic E-state index is -1.03. The van der Waals surface area contributed by atoms with Gasteiger partial charge in [0, 0.05) is 25.2 Å². The summed E-state index contributed by atoms with van der Waals surface area (Å²) in [5.41, 5.74) is 1.49. The van der Waals surface area contributed by atoms with E-state index in [4.69, 9.17) is 5.11 Å². The van der Waals surface area contributed by atoms with Crippen molar-refractivity contribution in [3.05, 3.63) is 41.2 Å². The highest BCUT2D eigenvalue weighted by atomic mass is 19.1. The predicted molar refractivity (Wildman–Crippen MR) is 81.3 cm³/mol. The minimum absolute atomic E-state index is 0.321. The van der Waals surface area contributed by atoms with E-state index in [1.807, 2.05) is 6.07 Å². The molecule has 4 heteroatoms. The Hall–Kier alpha value is -1.68. The topological polar surface area (TPSA) is 40.5 Å². The van der Waals surface area contributed by atoms with Crippen LogP contribution in [0.4, 0.5) is 4.39 Å². The smallest absolute Gasteiger partial charge is 0.328 e. The maximum atomic E-state index is 13.7. The first kappa shape index (κ1) is 15.7. The molecule has 0 spiro atoms. The molecule has 0 bridgehead atoms. The van der Waals surface area contributed by atoms with E-state index < -0.39 is 5.97 Å². The molecule has 114 valence electrons. The Morgan fingerprint density at radius 1 is 1.43 bits per heavy atom. The molecule has 1 N–H and O–H groups in total. The van der Waals surface area contributed by atoms with Crippen LogP contribution in [0.1, 0.15) is 37.8 Å². The number of halogens is 1. The number of carboxylic acids is 1. The summed E-state index contributed by atoms with van der Waals surface area (Å²) in [7, 11) is 0. The third kappa shape index (κ3) is 5.31. The van der Waals surface area contributed by atoms with E-state index in [1.54, 1.807) is 0 Å². The Labute approximate surface area is 125 Å². The van der Waals surface area contributed by atoms with E-state index in [0.29, 0.717) is 24.1 Å². The molecule has 0 unspecified atom stereocenters. The van der Waals surface area contributed by atoms with Gasteiger partial charge >= 0.3 is 5.97 Å². The zero-order valence-corrected chi connectivity index (χ0v) is 12.6. The van der Waals surface area contributed by atoms with Crippen LogP contribution in [-0.4, -0.2) is 28.6 Å². The van der Waals surface area contributed by atoms with Gasteiger partial charge in [-0.05, 0) is 48.1 Å². The number of carboxylic acid groups (broad SMARTS) is 1. The van der Waals surface area contributed by atoms with Crippen LogP contribution in [0.2, 0.25) is 0 Å². The van der Waals surface area contributed by atoms with Crippen molar-refractivity contribution in [2.45, 2.75) is 39.3 Å². The lowest BCUT2D eigenvalue weighted by Crippen LogP contribution is -2.29. The molecule has 0 heterocycles. The van der Waals surface area contributed by atoms with Crippen LogP contribution in [0.5, 0.6) is 0 Å². The van der Waals surface area contributed by atoms with Gasteiger partial charge < -0.3 is 5.11 Å². The van der Waals surface area contributed by atoms with Crippen molar-refractivity contribution in [3.63, 3.8) is 0 Å². The van der Waals surface area contributed by atoms with Gasteiger partial charge in [0.25, 0.3) is 0 Å². The Morgan fingerprint density at radius 3 is 2.71 bits per heavy atom. The number of hydrogen-bond donors (Lipinski definition) is 1. The van der Waals surface area contributed by atoms with Crippen LogP contribution in [-0.2, 0) is 11.3 Å². The number of carbonyl (C=O) groups is 1. The number of nitrogens with zero attached hydrogens (tertiary/aromatic N) is 1. The summed E-state index contributed by atoms with van der Waals surface area (Å²) in [4.78, 5) is 12.9. The zero-order valence-electron chi connectivity index (χ0n) is 12.6. The molecule has 0 aromatic heterocycles. The molecule has 2 rings (SSSR count). The third-order valence-electron chi connectivity index (χ3n) is 3.45. The van der Waals surface area contributed by atoms with Crippen molar-refractivity contribution in [3.8, 4) is 0 Å². The average Bonchev–Trinajstić information content (AvgIpc) is 3.18. The van der Waals surface area contributed by atoms with Crippen molar-refractivity contribution < 1.29 is 14.3 Å². The molecular formula is C17H22FNO2. The second-order valence-electron chi connectivity index (χ2n) is 6.12. The Balaban J connectivity index is 2.12. The highest BCUT2D eigenvalue weighted by molar-refractivity contribution is 5.85. The number of hydrogen-bond acceptors (Lipinski definition) is 2. The maximum Gasteiger partial charge on any atom is 0.328 e. The standard InChI is InChI=1S/C17H22FNO2/c1-12(2)10-19(16-4-5-16)11-14-7-13(3-6-17(20)21)8-15(18)9-14/h3,6-9,12,16H,4-5,10-11H2,1-2H3,(H,20,21). The van der Waals surface area contributed by atoms with Gasteiger partial charge in [-0.25, -0.2) is 9.18 Å². The van der Waals surface area contributed by atoms with Gasteiger partial charge in [0.2, 0.25) is 0 Å². The fraction of sp³-hybridized carbons (Fsp3) is 0.471. The van der Waals surface area contributed by atoms with Crippen molar-refractivity contribution >= 4 is 12.0 Å². The molecular weight excluding hydrogens is 269 g/mol. The van der Waals surface area contributed by atoms with Crippen LogP contribution < -0.4 is 0 Å². The van der Waals surface area contributed by atoms with Crippen LogP contribution in [0.15, 0.2) is 24.3 Å². The lowest BCUT2D eigenvalue weighted by atomic mass is 10.1. The molecule has 1 fully saturated rings. The number of aliphatic carboxylic acids is 1. The number of benzene rings is 1. The van der Waals surface area contributed by atoms with E-state index in [0.717, 1.165) is 18.2 Å². The molecule has 1 saturated carbocycles. The predicted octanol–water partition coefficient (Wildman–Crippen LogP) is 3.54. The van der Waals surface area contributed by atoms with Crippen molar-refractivity contribution in [2.24, 2.45) is 5.92 Å². The Kier molecular flexibility index (Phi) is 5.12. The molecule has 0 radical (unpaired) electrons. The molecule has 0 aliphatic heterocycles. The van der Waals surface area contributed by atoms with E-state index in [1.165, 1.54) is 31.1 Å². The normalized spacial score (nSPS) is 15.3. The van der Waals surface area contributed by atoms with Gasteiger partial charge in [0.05, 0.1) is 0 Å². The number of rotatable bonds is 7. The summed E-state index contributed by atoms with van der Waals surface area (Å²) in [6.07, 6.45) is 4.89. The molecule has 3 nitrogen and oxygen atoms in total. The Bertz CT molecular complexity index is 536. The van der Waals surface area contributed by atoms with Crippen molar-refractivity contribution in [1.82, 2.24) is 4.90 Å². The molecule has 21 heavy (non-hydrogen) atoms. The van der Waals surface area contributed by atoms with Gasteiger partial charge in [-0.15, -0.1) is 0 Å². The lowest BCUT2D eigenvalue weighted by Gasteiger charge is -2.24. The third-order valence-corrected chi connectivity index (χ3v) is 3.45. The van der Waals surface area contributed by atoms with Crippen molar-refractivity contribution in [2.75, 3.05) is 6.54 Å². The molecule has 1 aromatic carbocycles. The van der Waals surface area contributed by atoms with Crippen LogP contribution >= 0.6 is 0 Å². The molecule has 0 saturated heterocycles. The summed E-state index contributed by atoms with van der Waals surface area (Å²) in [6.45, 7) is 6.08. The van der Waals surface area contributed by atoms with Crippen LogP contribution in [0.3, 0.4) is 0 Å². The van der Waals surface area contributed by atoms with E-state index in [2.05, 4.69) is 18.7 Å². The van der Waals surface area contributed by atoms with Crippen molar-refractivity contribution in [1.29, 1.82) is 0 Å². The molecule has 1 aromatic rings. The minimum Gasteiger partial charge on any atom is -0.478 e. The fourth-order valence-corrected chi connectivity index (χ4v) is 2.52. The maximum absolute atomic E-state index is 13.7. The highest BCUT2D eigenvalue weighted by Crippen LogP contribution is 2.29. The summed E-state index contributed by atoms with van der Waals surface area (Å²) < 4.78 is 13.7. The fourth-order valence-electron chi connectivity index (χ4n) is 2.52. The monoisotopic (exact) mass is 291 g/mol. The van der Waals surface area contributed by atoms with Gasteiger partial charge in [-0.1, -0.05) is 19.9 Å². The highest BCUT2D eigenvalue weighted by Gasteiger charge is 2.29. The molecule has 0 atom stereocenters. The summed E-state index contributed by atoms with van der Waals surface area (Å²) in [5.74, 6) is -0.774. The molecule has 0 amide bonds. The average molecular weight is 291 g/mol. The largest absolute Gasteiger partial charge is 0.478 e. The first-order valence-corrected chi connectivity index (χ1v) is 7.38. The first-order chi connectivity index (χ1) is 9.94. The summed E-state index contributed by atoms with van der Waals surface area (Å²) >= 11 is 0. The van der Waals surface area contributed by atoms with Gasteiger partial charge in [0.1, 0.15) is 5.82 Å². The molecule has 1 aliphatic carbocycles. The van der Waals surface area contributed by atoms with Crippen LogP contribution in [0.25, 0.3) is 6.08 Å². The Morgan fingerprint density at radius 2 is 2.14 bits per heavy atom. The first-order valence-electron chi connectivity index (χ1n) is 7.38. The van der Waals surface area contributed by atoms with E-state index >= 15 is 0 Å². The van der Waals surface area contributed by atoms with Gasteiger partial charge in [-0.3, -0.25) is 4.90 Å². The zero-order chi connectivity index (χ0) is 15.4. The van der Waals surface area contributed by atoms with Crippen LogP contribution in [0, 0.1) is 11.7 Å². The lowest BCUT2D eigenvalue weighted by molar-refractivity contribution is -0.131. The SMILES string of the molecule is CC(C)CN(Cc1cc(F)cc(C=CC(=O)O)c1)C1CC1. The van der Waals surface area contributed by atoms with E-state index in [-0.39, 0.29) is 5.82 Å².